The van der Waals surface area contributed by atoms with Crippen molar-refractivity contribution < 1.29 is 13.2 Å². The summed E-state index contributed by atoms with van der Waals surface area (Å²) in [7, 11) is -2.27. The highest BCUT2D eigenvalue weighted by Gasteiger charge is 2.20. The van der Waals surface area contributed by atoms with E-state index < -0.39 is 10.0 Å². The maximum absolute atomic E-state index is 13.0. The van der Waals surface area contributed by atoms with Gasteiger partial charge in [-0.25, -0.2) is 8.42 Å². The molecule has 1 aromatic heterocycles. The van der Waals surface area contributed by atoms with Gasteiger partial charge in [0.25, 0.3) is 10.0 Å². The van der Waals surface area contributed by atoms with Crippen LogP contribution >= 0.6 is 0 Å². The molecule has 1 saturated carbocycles. The summed E-state index contributed by atoms with van der Waals surface area (Å²) in [5.41, 5.74) is 2.03. The Labute approximate surface area is 169 Å². The SMILES string of the molecule is COc1ccc(-c2nn[nH]n2)c(NS(=O)(=O)c2ccc(C3CCCCC3)cc2)c1. The molecule has 0 aliphatic heterocycles. The van der Waals surface area contributed by atoms with Crippen molar-refractivity contribution in [2.24, 2.45) is 0 Å². The number of hydrogen-bond donors (Lipinski definition) is 2. The third kappa shape index (κ3) is 4.24. The van der Waals surface area contributed by atoms with Gasteiger partial charge in [0.2, 0.25) is 5.82 Å². The van der Waals surface area contributed by atoms with Crippen molar-refractivity contribution in [1.29, 1.82) is 0 Å². The van der Waals surface area contributed by atoms with Crippen LogP contribution in [0.4, 0.5) is 5.69 Å². The minimum absolute atomic E-state index is 0.207. The van der Waals surface area contributed by atoms with E-state index in [1.54, 1.807) is 30.3 Å². The lowest BCUT2D eigenvalue weighted by Crippen LogP contribution is -2.14. The Bertz CT molecular complexity index is 1060. The molecule has 152 valence electrons. The van der Waals surface area contributed by atoms with Crippen molar-refractivity contribution in [2.45, 2.75) is 42.9 Å². The van der Waals surface area contributed by atoms with Gasteiger partial charge in [-0.05, 0) is 53.8 Å². The van der Waals surface area contributed by atoms with E-state index in [2.05, 4.69) is 25.3 Å². The minimum atomic E-state index is -3.79. The number of aromatic amines is 1. The van der Waals surface area contributed by atoms with Crippen molar-refractivity contribution >= 4 is 15.7 Å². The van der Waals surface area contributed by atoms with Crippen LogP contribution in [0.1, 0.15) is 43.6 Å². The number of anilines is 1. The number of ether oxygens (including phenoxy) is 1. The molecule has 0 amide bonds. The van der Waals surface area contributed by atoms with E-state index in [0.29, 0.717) is 22.9 Å². The van der Waals surface area contributed by atoms with Gasteiger partial charge in [0.1, 0.15) is 5.75 Å². The average molecular weight is 414 g/mol. The first-order valence-corrected chi connectivity index (χ1v) is 11.1. The Morgan fingerprint density at radius 1 is 1.07 bits per heavy atom. The highest BCUT2D eigenvalue weighted by atomic mass is 32.2. The average Bonchev–Trinajstić information content (AvgIpc) is 3.29. The molecule has 4 rings (SSSR count). The summed E-state index contributed by atoms with van der Waals surface area (Å²) in [5, 5.41) is 13.8. The van der Waals surface area contributed by atoms with Crippen LogP contribution < -0.4 is 9.46 Å². The molecule has 0 radical (unpaired) electrons. The van der Waals surface area contributed by atoms with E-state index in [9.17, 15) is 8.42 Å². The predicted molar refractivity (Wildman–Crippen MR) is 109 cm³/mol. The molecule has 3 aromatic rings. The molecule has 2 aromatic carbocycles. The standard InChI is InChI=1S/C20H23N5O3S/c1-28-16-9-12-18(20-21-24-25-22-20)19(13-16)23-29(26,27)17-10-7-15(8-11-17)14-5-3-2-4-6-14/h7-14,23H,2-6H2,1H3,(H,21,22,24,25). The zero-order valence-electron chi connectivity index (χ0n) is 16.1. The molecule has 1 aliphatic rings. The van der Waals surface area contributed by atoms with Crippen LogP contribution in [0.3, 0.4) is 0 Å². The number of methoxy groups -OCH3 is 1. The number of H-pyrrole nitrogens is 1. The van der Waals surface area contributed by atoms with Gasteiger partial charge in [-0.1, -0.05) is 31.4 Å². The molecular formula is C20H23N5O3S. The first-order chi connectivity index (χ1) is 14.1. The molecule has 8 nitrogen and oxygen atoms in total. The lowest BCUT2D eigenvalue weighted by molar-refractivity contribution is 0.415. The molecule has 29 heavy (non-hydrogen) atoms. The van der Waals surface area contributed by atoms with Gasteiger partial charge >= 0.3 is 0 Å². The van der Waals surface area contributed by atoms with Crippen molar-refractivity contribution in [3.63, 3.8) is 0 Å². The number of sulfonamides is 1. The van der Waals surface area contributed by atoms with E-state index >= 15 is 0 Å². The molecule has 2 N–H and O–H groups in total. The van der Waals surface area contributed by atoms with E-state index in [-0.39, 0.29) is 10.7 Å². The second kappa shape index (κ2) is 8.20. The normalized spacial score (nSPS) is 15.2. The van der Waals surface area contributed by atoms with Crippen LogP contribution in [0, 0.1) is 0 Å². The van der Waals surface area contributed by atoms with Gasteiger partial charge in [-0.2, -0.15) is 5.21 Å². The molecule has 0 atom stereocenters. The van der Waals surface area contributed by atoms with Gasteiger partial charge in [0, 0.05) is 11.6 Å². The van der Waals surface area contributed by atoms with E-state index in [0.717, 1.165) is 0 Å². The van der Waals surface area contributed by atoms with Crippen LogP contribution in [-0.2, 0) is 10.0 Å². The van der Waals surface area contributed by atoms with Gasteiger partial charge in [-0.3, -0.25) is 4.72 Å². The number of nitrogens with zero attached hydrogens (tertiary/aromatic N) is 3. The number of benzene rings is 2. The topological polar surface area (TPSA) is 110 Å². The Kier molecular flexibility index (Phi) is 5.48. The zero-order chi connectivity index (χ0) is 20.3. The highest BCUT2D eigenvalue weighted by Crippen LogP contribution is 2.34. The number of tetrazole rings is 1. The fraction of sp³-hybridized carbons (Fsp3) is 0.350. The summed E-state index contributed by atoms with van der Waals surface area (Å²) in [6, 6.07) is 12.2. The summed E-state index contributed by atoms with van der Waals surface area (Å²) in [4.78, 5) is 0.207. The van der Waals surface area contributed by atoms with E-state index in [4.69, 9.17) is 4.74 Å². The van der Waals surface area contributed by atoms with Gasteiger partial charge in [-0.15, -0.1) is 10.2 Å². The Morgan fingerprint density at radius 2 is 1.83 bits per heavy atom. The fourth-order valence-electron chi connectivity index (χ4n) is 3.76. The molecule has 1 aliphatic carbocycles. The van der Waals surface area contributed by atoms with Crippen LogP contribution in [0.5, 0.6) is 5.75 Å². The summed E-state index contributed by atoms with van der Waals surface area (Å²) in [5.74, 6) is 1.33. The quantitative estimate of drug-likeness (QED) is 0.637. The maximum Gasteiger partial charge on any atom is 0.261 e. The minimum Gasteiger partial charge on any atom is -0.497 e. The third-order valence-corrected chi connectivity index (χ3v) is 6.71. The van der Waals surface area contributed by atoms with Crippen molar-refractivity contribution in [3.8, 4) is 17.1 Å². The van der Waals surface area contributed by atoms with Crippen LogP contribution in [0.25, 0.3) is 11.4 Å². The van der Waals surface area contributed by atoms with Crippen molar-refractivity contribution in [2.75, 3.05) is 11.8 Å². The summed E-state index contributed by atoms with van der Waals surface area (Å²) in [6.07, 6.45) is 6.10. The first-order valence-electron chi connectivity index (χ1n) is 9.61. The number of hydrogen-bond acceptors (Lipinski definition) is 6. The summed E-state index contributed by atoms with van der Waals surface area (Å²) < 4.78 is 33.9. The molecule has 0 bridgehead atoms. The Hall–Kier alpha value is -2.94. The summed E-state index contributed by atoms with van der Waals surface area (Å²) >= 11 is 0. The summed E-state index contributed by atoms with van der Waals surface area (Å²) in [6.45, 7) is 0. The molecule has 0 saturated heterocycles. The lowest BCUT2D eigenvalue weighted by Gasteiger charge is -2.22. The molecule has 0 unspecified atom stereocenters. The number of nitrogens with one attached hydrogen (secondary N) is 2. The van der Waals surface area contributed by atoms with E-state index in [1.165, 1.54) is 44.8 Å². The molecular weight excluding hydrogens is 390 g/mol. The zero-order valence-corrected chi connectivity index (χ0v) is 16.9. The first kappa shape index (κ1) is 19.4. The smallest absolute Gasteiger partial charge is 0.261 e. The van der Waals surface area contributed by atoms with Crippen LogP contribution in [0.15, 0.2) is 47.4 Å². The number of rotatable bonds is 6. The molecule has 1 heterocycles. The van der Waals surface area contributed by atoms with E-state index in [1.807, 2.05) is 12.1 Å². The molecule has 0 spiro atoms. The molecule has 9 heteroatoms. The van der Waals surface area contributed by atoms with Gasteiger partial charge < -0.3 is 4.74 Å². The number of aromatic nitrogens is 4. The van der Waals surface area contributed by atoms with Crippen molar-refractivity contribution in [1.82, 2.24) is 20.6 Å². The van der Waals surface area contributed by atoms with Crippen LogP contribution in [0.2, 0.25) is 0 Å². The third-order valence-electron chi connectivity index (χ3n) is 5.32. The second-order valence-electron chi connectivity index (χ2n) is 7.16. The van der Waals surface area contributed by atoms with Gasteiger partial charge in [0.15, 0.2) is 0 Å². The van der Waals surface area contributed by atoms with Gasteiger partial charge in [0.05, 0.1) is 17.7 Å². The predicted octanol–water partition coefficient (Wildman–Crippen LogP) is 3.72. The monoisotopic (exact) mass is 413 g/mol. The molecule has 1 fully saturated rings. The fourth-order valence-corrected chi connectivity index (χ4v) is 4.84. The van der Waals surface area contributed by atoms with Crippen LogP contribution in [-0.4, -0.2) is 36.2 Å². The Morgan fingerprint density at radius 3 is 2.48 bits per heavy atom. The Balaban J connectivity index is 1.61. The largest absolute Gasteiger partial charge is 0.497 e. The second-order valence-corrected chi connectivity index (χ2v) is 8.84. The van der Waals surface area contributed by atoms with Crippen molar-refractivity contribution in [3.05, 3.63) is 48.0 Å². The highest BCUT2D eigenvalue weighted by molar-refractivity contribution is 7.92. The lowest BCUT2D eigenvalue weighted by atomic mass is 9.84. The maximum atomic E-state index is 13.0.